The number of nitrogens with zero attached hydrogens (tertiary/aromatic N) is 1. The average molecular weight is 260 g/mol. The van der Waals surface area contributed by atoms with Gasteiger partial charge in [-0.2, -0.15) is 0 Å². The zero-order valence-corrected chi connectivity index (χ0v) is 10.8. The number of Topliss-reactive ketones (excluding diaryl/α,β-unsaturated/α-hetero) is 1. The van der Waals surface area contributed by atoms with Gasteiger partial charge in [0.25, 0.3) is 5.91 Å². The number of rotatable bonds is 2. The van der Waals surface area contributed by atoms with Gasteiger partial charge in [0.05, 0.1) is 11.7 Å². The summed E-state index contributed by atoms with van der Waals surface area (Å²) in [5.41, 5.74) is 1.29. The van der Waals surface area contributed by atoms with Crippen molar-refractivity contribution in [2.45, 2.75) is 18.9 Å². The van der Waals surface area contributed by atoms with E-state index in [1.807, 2.05) is 0 Å². The minimum Gasteiger partial charge on any atom is -0.482 e. The number of hydrogen-bond acceptors (Lipinski definition) is 4. The highest BCUT2D eigenvalue weighted by atomic mass is 16.5. The van der Waals surface area contributed by atoms with Crippen LogP contribution in [0.2, 0.25) is 0 Å². The minimum atomic E-state index is -0.101. The molecule has 3 rings (SSSR count). The summed E-state index contributed by atoms with van der Waals surface area (Å²) in [5.74, 6) is 0.640. The van der Waals surface area contributed by atoms with Crippen LogP contribution in [0.15, 0.2) is 18.2 Å². The lowest BCUT2D eigenvalue weighted by molar-refractivity contribution is -0.120. The van der Waals surface area contributed by atoms with Gasteiger partial charge < -0.3 is 15.0 Å². The van der Waals surface area contributed by atoms with Crippen LogP contribution in [0.25, 0.3) is 0 Å². The maximum absolute atomic E-state index is 12.3. The van der Waals surface area contributed by atoms with Crippen LogP contribution < -0.4 is 15.0 Å². The Balaban J connectivity index is 1.92. The van der Waals surface area contributed by atoms with Gasteiger partial charge in [0.15, 0.2) is 12.4 Å². The maximum Gasteiger partial charge on any atom is 0.264 e. The molecule has 1 fully saturated rings. The van der Waals surface area contributed by atoms with Gasteiger partial charge in [-0.15, -0.1) is 0 Å². The molecule has 0 aromatic heterocycles. The van der Waals surface area contributed by atoms with Gasteiger partial charge in [0.1, 0.15) is 5.75 Å². The minimum absolute atomic E-state index is 0.0565. The summed E-state index contributed by atoms with van der Waals surface area (Å²) in [6.45, 7) is 0.948. The van der Waals surface area contributed by atoms with E-state index in [0.717, 1.165) is 19.4 Å². The summed E-state index contributed by atoms with van der Waals surface area (Å²) < 4.78 is 5.35. The lowest BCUT2D eigenvalue weighted by Crippen LogP contribution is -2.36. The molecule has 0 saturated carbocycles. The van der Waals surface area contributed by atoms with Gasteiger partial charge in [-0.05, 0) is 37.6 Å². The molecule has 0 spiro atoms. The molecule has 1 aromatic carbocycles. The van der Waals surface area contributed by atoms with Crippen molar-refractivity contribution >= 4 is 17.4 Å². The van der Waals surface area contributed by atoms with Crippen LogP contribution in [-0.4, -0.2) is 37.9 Å². The van der Waals surface area contributed by atoms with E-state index in [4.69, 9.17) is 4.74 Å². The molecule has 1 unspecified atom stereocenters. The molecule has 1 saturated heterocycles. The van der Waals surface area contributed by atoms with Crippen LogP contribution in [-0.2, 0) is 4.79 Å². The first-order valence-corrected chi connectivity index (χ1v) is 6.48. The van der Waals surface area contributed by atoms with Crippen LogP contribution >= 0.6 is 0 Å². The Hall–Kier alpha value is -1.88. The average Bonchev–Trinajstić information content (AvgIpc) is 2.96. The molecule has 0 radical (unpaired) electrons. The molecular formula is C14H16N2O3. The number of carbonyl (C=O) groups excluding carboxylic acids is 2. The van der Waals surface area contributed by atoms with Crippen molar-refractivity contribution in [3.63, 3.8) is 0 Å². The maximum atomic E-state index is 12.3. The highest BCUT2D eigenvalue weighted by Crippen LogP contribution is 2.32. The number of carbonyl (C=O) groups is 2. The third-order valence-corrected chi connectivity index (χ3v) is 3.71. The van der Waals surface area contributed by atoms with Crippen molar-refractivity contribution < 1.29 is 14.3 Å². The van der Waals surface area contributed by atoms with Gasteiger partial charge >= 0.3 is 0 Å². The smallest absolute Gasteiger partial charge is 0.264 e. The second kappa shape index (κ2) is 4.66. The number of likely N-dealkylation sites (N-methyl/N-ethyl adjacent to an activating group) is 1. The van der Waals surface area contributed by atoms with Crippen LogP contribution in [0.5, 0.6) is 5.75 Å². The van der Waals surface area contributed by atoms with E-state index in [9.17, 15) is 9.59 Å². The first kappa shape index (κ1) is 12.2. The molecule has 1 atom stereocenters. The molecule has 5 heteroatoms. The zero-order chi connectivity index (χ0) is 13.4. The fraction of sp³-hybridized carbons (Fsp3) is 0.429. The lowest BCUT2D eigenvalue weighted by atomic mass is 10.0. The standard InChI is InChI=1S/C14H16N2O3/c1-16-11-7-9(14(18)10-3-2-6-15-10)4-5-12(11)19-8-13(16)17/h4-5,7,10,15H,2-3,6,8H2,1H3. The highest BCUT2D eigenvalue weighted by molar-refractivity contribution is 6.03. The van der Waals surface area contributed by atoms with E-state index < -0.39 is 0 Å². The Kier molecular flexibility index (Phi) is 2.98. The molecule has 2 heterocycles. The number of nitrogens with one attached hydrogen (secondary N) is 1. The topological polar surface area (TPSA) is 58.6 Å². The van der Waals surface area contributed by atoms with Crippen molar-refractivity contribution in [2.24, 2.45) is 0 Å². The van der Waals surface area contributed by atoms with Gasteiger partial charge in [0, 0.05) is 12.6 Å². The van der Waals surface area contributed by atoms with E-state index >= 15 is 0 Å². The number of ether oxygens (including phenoxy) is 1. The van der Waals surface area contributed by atoms with E-state index in [1.165, 1.54) is 4.90 Å². The van der Waals surface area contributed by atoms with Crippen LogP contribution in [0, 0.1) is 0 Å². The van der Waals surface area contributed by atoms with Gasteiger partial charge in [-0.3, -0.25) is 9.59 Å². The molecule has 5 nitrogen and oxygen atoms in total. The number of benzene rings is 1. The summed E-state index contributed by atoms with van der Waals surface area (Å²) in [7, 11) is 1.70. The normalized spacial score (nSPS) is 22.1. The van der Waals surface area contributed by atoms with Crippen molar-refractivity contribution in [2.75, 3.05) is 25.1 Å². The quantitative estimate of drug-likeness (QED) is 0.805. The molecule has 1 aromatic rings. The number of amides is 1. The Morgan fingerprint density at radius 1 is 1.47 bits per heavy atom. The zero-order valence-electron chi connectivity index (χ0n) is 10.8. The molecule has 2 aliphatic rings. The molecule has 1 N–H and O–H groups in total. The monoisotopic (exact) mass is 260 g/mol. The second-order valence-corrected chi connectivity index (χ2v) is 4.94. The van der Waals surface area contributed by atoms with E-state index in [1.54, 1.807) is 25.2 Å². The van der Waals surface area contributed by atoms with E-state index in [2.05, 4.69) is 5.32 Å². The first-order valence-electron chi connectivity index (χ1n) is 6.48. The second-order valence-electron chi connectivity index (χ2n) is 4.94. The number of anilines is 1. The largest absolute Gasteiger partial charge is 0.482 e. The van der Waals surface area contributed by atoms with E-state index in [-0.39, 0.29) is 24.3 Å². The van der Waals surface area contributed by atoms with Crippen molar-refractivity contribution in [1.29, 1.82) is 0 Å². The Bertz CT molecular complexity index is 535. The lowest BCUT2D eigenvalue weighted by Gasteiger charge is -2.26. The first-order chi connectivity index (χ1) is 9.16. The van der Waals surface area contributed by atoms with Gasteiger partial charge in [0.2, 0.25) is 0 Å². The van der Waals surface area contributed by atoms with Gasteiger partial charge in [-0.25, -0.2) is 0 Å². The number of hydrogen-bond donors (Lipinski definition) is 1. The molecule has 1 amide bonds. The molecule has 2 aliphatic heterocycles. The predicted molar refractivity (Wildman–Crippen MR) is 70.7 cm³/mol. The molecular weight excluding hydrogens is 244 g/mol. The summed E-state index contributed by atoms with van der Waals surface area (Å²) in [6, 6.07) is 5.18. The fourth-order valence-electron chi connectivity index (χ4n) is 2.53. The summed E-state index contributed by atoms with van der Waals surface area (Å²) in [4.78, 5) is 25.5. The third-order valence-electron chi connectivity index (χ3n) is 3.71. The Morgan fingerprint density at radius 2 is 2.32 bits per heavy atom. The number of ketones is 1. The van der Waals surface area contributed by atoms with E-state index in [0.29, 0.717) is 17.0 Å². The predicted octanol–water partition coefficient (Wildman–Crippen LogP) is 0.976. The molecule has 0 aliphatic carbocycles. The van der Waals surface area contributed by atoms with Gasteiger partial charge in [-0.1, -0.05) is 0 Å². The SMILES string of the molecule is CN1C(=O)COc2ccc(C(=O)C3CCCN3)cc21. The van der Waals surface area contributed by atoms with Crippen LogP contribution in [0.4, 0.5) is 5.69 Å². The summed E-state index contributed by atoms with van der Waals surface area (Å²) >= 11 is 0. The Morgan fingerprint density at radius 3 is 3.05 bits per heavy atom. The van der Waals surface area contributed by atoms with Crippen LogP contribution in [0.1, 0.15) is 23.2 Å². The van der Waals surface area contributed by atoms with Crippen molar-refractivity contribution in [3.05, 3.63) is 23.8 Å². The van der Waals surface area contributed by atoms with Crippen LogP contribution in [0.3, 0.4) is 0 Å². The Labute approximate surface area is 111 Å². The third kappa shape index (κ3) is 2.10. The summed E-state index contributed by atoms with van der Waals surface area (Å²) in [6.07, 6.45) is 1.91. The number of fused-ring (bicyclic) bond motifs is 1. The van der Waals surface area contributed by atoms with Crippen molar-refractivity contribution in [3.8, 4) is 5.75 Å². The molecule has 100 valence electrons. The highest BCUT2D eigenvalue weighted by Gasteiger charge is 2.27. The fourth-order valence-corrected chi connectivity index (χ4v) is 2.53. The summed E-state index contributed by atoms with van der Waals surface area (Å²) in [5, 5.41) is 3.19. The molecule has 19 heavy (non-hydrogen) atoms. The molecule has 0 bridgehead atoms. The van der Waals surface area contributed by atoms with Crippen molar-refractivity contribution in [1.82, 2.24) is 5.32 Å².